The Kier molecular flexibility index (Phi) is 2.23. The van der Waals surface area contributed by atoms with E-state index in [2.05, 4.69) is 9.88 Å². The smallest absolute Gasteiger partial charge is 0.152 e. The van der Waals surface area contributed by atoms with Gasteiger partial charge in [-0.15, -0.1) is 0 Å². The van der Waals surface area contributed by atoms with Gasteiger partial charge in [-0.05, 0) is 18.2 Å². The number of nitrogens with one attached hydrogen (secondary N) is 1. The quantitative estimate of drug-likeness (QED) is 0.768. The third-order valence-corrected chi connectivity index (χ3v) is 3.33. The van der Waals surface area contributed by atoms with E-state index in [0.29, 0.717) is 5.02 Å². The molecular weight excluding hydrogens is 224 g/mol. The van der Waals surface area contributed by atoms with Gasteiger partial charge in [0.2, 0.25) is 0 Å². The second-order valence-electron chi connectivity index (χ2n) is 3.97. The minimum absolute atomic E-state index is 0.673. The van der Waals surface area contributed by atoms with Crippen LogP contribution < -0.4 is 5.32 Å². The van der Waals surface area contributed by atoms with Crippen LogP contribution in [-0.4, -0.2) is 17.4 Å². The lowest BCUT2D eigenvalue weighted by molar-refractivity contribution is 0.112. The van der Waals surface area contributed by atoms with Crippen LogP contribution in [0.1, 0.15) is 16.1 Å². The molecule has 1 N–H and O–H groups in total. The first-order valence-corrected chi connectivity index (χ1v) is 5.65. The number of aldehydes is 1. The Labute approximate surface area is 98.0 Å². The molecule has 3 nitrogen and oxygen atoms in total. The van der Waals surface area contributed by atoms with E-state index in [4.69, 9.17) is 11.6 Å². The first-order chi connectivity index (χ1) is 7.81. The normalized spacial score (nSPS) is 15.1. The number of benzene rings is 1. The maximum Gasteiger partial charge on any atom is 0.152 e. The summed E-state index contributed by atoms with van der Waals surface area (Å²) in [5.74, 6) is 0. The van der Waals surface area contributed by atoms with Gasteiger partial charge >= 0.3 is 0 Å². The zero-order valence-electron chi connectivity index (χ0n) is 8.66. The van der Waals surface area contributed by atoms with Crippen LogP contribution in [0.25, 0.3) is 10.9 Å². The minimum Gasteiger partial charge on any atom is -0.341 e. The van der Waals surface area contributed by atoms with Crippen molar-refractivity contribution >= 4 is 28.8 Å². The fourth-order valence-electron chi connectivity index (χ4n) is 2.38. The van der Waals surface area contributed by atoms with Gasteiger partial charge in [0.1, 0.15) is 0 Å². The van der Waals surface area contributed by atoms with E-state index in [1.165, 1.54) is 0 Å². The largest absolute Gasteiger partial charge is 0.341 e. The topological polar surface area (TPSA) is 34.0 Å². The van der Waals surface area contributed by atoms with Gasteiger partial charge in [-0.2, -0.15) is 0 Å². The predicted molar refractivity (Wildman–Crippen MR) is 64.0 cm³/mol. The molecule has 4 heteroatoms. The van der Waals surface area contributed by atoms with Crippen molar-refractivity contribution in [2.24, 2.45) is 0 Å². The van der Waals surface area contributed by atoms with E-state index in [-0.39, 0.29) is 0 Å². The van der Waals surface area contributed by atoms with Crippen molar-refractivity contribution in [3.8, 4) is 0 Å². The highest BCUT2D eigenvalue weighted by Crippen LogP contribution is 2.28. The molecule has 1 aliphatic heterocycles. The lowest BCUT2D eigenvalue weighted by atomic mass is 10.1. The molecule has 0 atom stereocenters. The molecule has 0 saturated carbocycles. The van der Waals surface area contributed by atoms with Gasteiger partial charge in [0.25, 0.3) is 0 Å². The minimum atomic E-state index is 0.673. The van der Waals surface area contributed by atoms with Crippen molar-refractivity contribution in [2.75, 3.05) is 6.54 Å². The van der Waals surface area contributed by atoms with E-state index < -0.39 is 0 Å². The molecule has 0 fully saturated rings. The highest BCUT2D eigenvalue weighted by atomic mass is 35.5. The summed E-state index contributed by atoms with van der Waals surface area (Å²) >= 11 is 5.97. The van der Waals surface area contributed by atoms with Gasteiger partial charge in [0.05, 0.1) is 0 Å². The van der Waals surface area contributed by atoms with Gasteiger partial charge in [-0.1, -0.05) is 11.6 Å². The summed E-state index contributed by atoms with van der Waals surface area (Å²) in [5, 5.41) is 4.91. The average Bonchev–Trinajstić information content (AvgIpc) is 2.61. The van der Waals surface area contributed by atoms with E-state index in [9.17, 15) is 4.79 Å². The summed E-state index contributed by atoms with van der Waals surface area (Å²) in [6, 6.07) is 5.72. The van der Waals surface area contributed by atoms with Crippen LogP contribution in [0.2, 0.25) is 5.02 Å². The fourth-order valence-corrected chi connectivity index (χ4v) is 2.55. The molecule has 2 heterocycles. The molecular formula is C12H11ClN2O. The second kappa shape index (κ2) is 3.61. The Morgan fingerprint density at radius 2 is 2.31 bits per heavy atom. The summed E-state index contributed by atoms with van der Waals surface area (Å²) in [5.41, 5.74) is 2.94. The third-order valence-electron chi connectivity index (χ3n) is 3.10. The van der Waals surface area contributed by atoms with E-state index in [0.717, 1.165) is 48.1 Å². The maximum absolute atomic E-state index is 11.2. The molecule has 0 bridgehead atoms. The molecule has 0 saturated heterocycles. The van der Waals surface area contributed by atoms with Crippen LogP contribution in [0.3, 0.4) is 0 Å². The molecule has 0 aliphatic carbocycles. The number of hydrogen-bond acceptors (Lipinski definition) is 2. The molecule has 0 spiro atoms. The number of rotatable bonds is 1. The molecule has 0 unspecified atom stereocenters. The van der Waals surface area contributed by atoms with Crippen molar-refractivity contribution in [1.82, 2.24) is 9.88 Å². The fraction of sp³-hybridized carbons (Fsp3) is 0.250. The van der Waals surface area contributed by atoms with Gasteiger partial charge in [-0.25, -0.2) is 0 Å². The summed E-state index contributed by atoms with van der Waals surface area (Å²) in [6.07, 6.45) is 0.928. The maximum atomic E-state index is 11.2. The second-order valence-corrected chi connectivity index (χ2v) is 4.40. The zero-order chi connectivity index (χ0) is 11.1. The van der Waals surface area contributed by atoms with Crippen molar-refractivity contribution in [3.63, 3.8) is 0 Å². The summed E-state index contributed by atoms with van der Waals surface area (Å²) < 4.78 is 2.20. The SMILES string of the molecule is O=Cc1c2n(c3ccc(Cl)cc13)CCNC2. The van der Waals surface area contributed by atoms with Crippen LogP contribution >= 0.6 is 11.6 Å². The Hall–Kier alpha value is -1.32. The highest BCUT2D eigenvalue weighted by molar-refractivity contribution is 6.31. The molecule has 1 aliphatic rings. The molecule has 16 heavy (non-hydrogen) atoms. The Balaban J connectivity index is 2.41. The summed E-state index contributed by atoms with van der Waals surface area (Å²) in [6.45, 7) is 2.60. The zero-order valence-corrected chi connectivity index (χ0v) is 9.42. The Morgan fingerprint density at radius 3 is 3.12 bits per heavy atom. The number of carbonyl (C=O) groups is 1. The van der Waals surface area contributed by atoms with Crippen LogP contribution in [0.4, 0.5) is 0 Å². The van der Waals surface area contributed by atoms with Crippen LogP contribution in [0.15, 0.2) is 18.2 Å². The van der Waals surface area contributed by atoms with Crippen molar-refractivity contribution in [3.05, 3.63) is 34.5 Å². The molecule has 0 radical (unpaired) electrons. The van der Waals surface area contributed by atoms with Crippen molar-refractivity contribution in [2.45, 2.75) is 13.1 Å². The third kappa shape index (κ3) is 1.29. The van der Waals surface area contributed by atoms with Gasteiger partial charge in [0.15, 0.2) is 6.29 Å². The number of fused-ring (bicyclic) bond motifs is 3. The molecule has 1 aromatic carbocycles. The summed E-state index contributed by atoms with van der Waals surface area (Å²) in [7, 11) is 0. The van der Waals surface area contributed by atoms with Gasteiger partial charge in [0, 0.05) is 46.8 Å². The van der Waals surface area contributed by atoms with Crippen LogP contribution in [0.5, 0.6) is 0 Å². The predicted octanol–water partition coefficient (Wildman–Crippen LogP) is 2.21. The first-order valence-electron chi connectivity index (χ1n) is 5.28. The molecule has 3 rings (SSSR count). The lowest BCUT2D eigenvalue weighted by Gasteiger charge is -2.17. The number of halogens is 1. The summed E-state index contributed by atoms with van der Waals surface area (Å²) in [4.78, 5) is 11.2. The van der Waals surface area contributed by atoms with E-state index in [1.54, 1.807) is 0 Å². The lowest BCUT2D eigenvalue weighted by Crippen LogP contribution is -2.28. The van der Waals surface area contributed by atoms with Gasteiger partial charge in [-0.3, -0.25) is 4.79 Å². The van der Waals surface area contributed by atoms with Gasteiger partial charge < -0.3 is 9.88 Å². The Bertz CT molecular complexity index is 574. The number of aromatic nitrogens is 1. The number of nitrogens with zero attached hydrogens (tertiary/aromatic N) is 1. The molecule has 0 amide bonds. The highest BCUT2D eigenvalue weighted by Gasteiger charge is 2.18. The van der Waals surface area contributed by atoms with Crippen molar-refractivity contribution in [1.29, 1.82) is 0 Å². The standard InChI is InChI=1S/C12H11ClN2O/c13-8-1-2-11-9(5-8)10(7-16)12-6-14-3-4-15(11)12/h1-2,5,7,14H,3-4,6H2. The van der Waals surface area contributed by atoms with E-state index in [1.807, 2.05) is 18.2 Å². The first kappa shape index (κ1) is 9.87. The van der Waals surface area contributed by atoms with Crippen LogP contribution in [0, 0.1) is 0 Å². The molecule has 82 valence electrons. The van der Waals surface area contributed by atoms with Crippen LogP contribution in [-0.2, 0) is 13.1 Å². The number of hydrogen-bond donors (Lipinski definition) is 1. The average molecular weight is 235 g/mol. The van der Waals surface area contributed by atoms with E-state index >= 15 is 0 Å². The molecule has 2 aromatic rings. The molecule has 1 aromatic heterocycles. The van der Waals surface area contributed by atoms with Crippen molar-refractivity contribution < 1.29 is 4.79 Å². The Morgan fingerprint density at radius 1 is 1.44 bits per heavy atom. The monoisotopic (exact) mass is 234 g/mol. The number of carbonyl (C=O) groups excluding carboxylic acids is 1.